The van der Waals surface area contributed by atoms with Gasteiger partial charge < -0.3 is 5.32 Å². The molecule has 18 heavy (non-hydrogen) atoms. The van der Waals surface area contributed by atoms with Crippen LogP contribution >= 0.6 is 11.6 Å². The zero-order valence-electron chi connectivity index (χ0n) is 10.00. The third kappa shape index (κ3) is 3.83. The molecule has 0 spiro atoms. The van der Waals surface area contributed by atoms with Gasteiger partial charge in [-0.15, -0.1) is 0 Å². The molecule has 0 saturated carbocycles. The minimum Gasteiger partial charge on any atom is -0.312 e. The number of rotatable bonds is 5. The van der Waals surface area contributed by atoms with E-state index in [1.807, 2.05) is 36.4 Å². The predicted molar refractivity (Wildman–Crippen MR) is 73.3 cm³/mol. The van der Waals surface area contributed by atoms with Gasteiger partial charge in [0.2, 0.25) is 0 Å². The number of nitrogens with one attached hydrogen (secondary N) is 1. The minimum absolute atomic E-state index is 0.137. The zero-order valence-corrected chi connectivity index (χ0v) is 10.8. The molecule has 0 radical (unpaired) electrons. The average molecular weight is 264 g/mol. The Morgan fingerprint density at radius 2 is 1.89 bits per heavy atom. The summed E-state index contributed by atoms with van der Waals surface area (Å²) in [6.45, 7) is 1.49. The van der Waals surface area contributed by atoms with Gasteiger partial charge in [0, 0.05) is 11.6 Å². The van der Waals surface area contributed by atoms with Gasteiger partial charge in [-0.1, -0.05) is 41.9 Å². The van der Waals surface area contributed by atoms with Crippen LogP contribution in [-0.4, -0.2) is 6.54 Å². The quantitative estimate of drug-likeness (QED) is 0.809. The lowest BCUT2D eigenvalue weighted by Gasteiger charge is -2.06. The summed E-state index contributed by atoms with van der Waals surface area (Å²) in [4.78, 5) is 0. The highest BCUT2D eigenvalue weighted by atomic mass is 35.5. The van der Waals surface area contributed by atoms with E-state index in [4.69, 9.17) is 11.6 Å². The fourth-order valence-electron chi connectivity index (χ4n) is 1.80. The molecule has 0 atom stereocenters. The largest absolute Gasteiger partial charge is 0.312 e. The SMILES string of the molecule is Fc1ccccc1CCNCc1cccc(Cl)c1. The van der Waals surface area contributed by atoms with Crippen molar-refractivity contribution >= 4 is 11.6 Å². The highest BCUT2D eigenvalue weighted by Crippen LogP contribution is 2.10. The molecular formula is C15H15ClFN. The van der Waals surface area contributed by atoms with Crippen LogP contribution in [0.3, 0.4) is 0 Å². The van der Waals surface area contributed by atoms with Crippen LogP contribution in [0.25, 0.3) is 0 Å². The number of hydrogen-bond acceptors (Lipinski definition) is 1. The molecule has 0 saturated heterocycles. The maximum Gasteiger partial charge on any atom is 0.126 e. The molecule has 1 N–H and O–H groups in total. The molecule has 3 heteroatoms. The summed E-state index contributed by atoms with van der Waals surface area (Å²) in [5, 5.41) is 4.02. The van der Waals surface area contributed by atoms with Crippen LogP contribution in [-0.2, 0) is 13.0 Å². The van der Waals surface area contributed by atoms with E-state index in [-0.39, 0.29) is 5.82 Å². The lowest BCUT2D eigenvalue weighted by Crippen LogP contribution is -2.17. The van der Waals surface area contributed by atoms with Crippen molar-refractivity contribution in [3.8, 4) is 0 Å². The first-order valence-corrected chi connectivity index (χ1v) is 6.32. The van der Waals surface area contributed by atoms with E-state index < -0.39 is 0 Å². The van der Waals surface area contributed by atoms with Gasteiger partial charge in [-0.2, -0.15) is 0 Å². The Morgan fingerprint density at radius 3 is 2.67 bits per heavy atom. The topological polar surface area (TPSA) is 12.0 Å². The van der Waals surface area contributed by atoms with E-state index in [2.05, 4.69) is 5.32 Å². The third-order valence-corrected chi connectivity index (χ3v) is 2.98. The van der Waals surface area contributed by atoms with E-state index >= 15 is 0 Å². The number of halogens is 2. The van der Waals surface area contributed by atoms with E-state index in [0.717, 1.165) is 29.2 Å². The molecule has 94 valence electrons. The molecule has 0 aliphatic rings. The first-order valence-electron chi connectivity index (χ1n) is 5.94. The minimum atomic E-state index is -0.137. The van der Waals surface area contributed by atoms with Crippen LogP contribution in [0.5, 0.6) is 0 Å². The lowest BCUT2D eigenvalue weighted by atomic mass is 10.1. The molecule has 2 rings (SSSR count). The van der Waals surface area contributed by atoms with Crippen molar-refractivity contribution in [3.05, 3.63) is 70.5 Å². The normalized spacial score (nSPS) is 10.6. The molecule has 0 bridgehead atoms. The maximum absolute atomic E-state index is 13.3. The Balaban J connectivity index is 1.78. The first kappa shape index (κ1) is 13.1. The van der Waals surface area contributed by atoms with E-state index in [1.54, 1.807) is 6.07 Å². The van der Waals surface area contributed by atoms with E-state index in [9.17, 15) is 4.39 Å². The fourth-order valence-corrected chi connectivity index (χ4v) is 2.02. The second-order valence-electron chi connectivity index (χ2n) is 4.15. The molecular weight excluding hydrogens is 249 g/mol. The Morgan fingerprint density at radius 1 is 1.06 bits per heavy atom. The summed E-state index contributed by atoms with van der Waals surface area (Å²) in [6.07, 6.45) is 0.688. The summed E-state index contributed by atoms with van der Waals surface area (Å²) in [7, 11) is 0. The molecule has 2 aromatic carbocycles. The predicted octanol–water partition coefficient (Wildman–Crippen LogP) is 3.81. The molecule has 0 aromatic heterocycles. The van der Waals surface area contributed by atoms with Gasteiger partial charge in [-0.3, -0.25) is 0 Å². The third-order valence-electron chi connectivity index (χ3n) is 2.75. The average Bonchev–Trinajstić information content (AvgIpc) is 2.37. The first-order chi connectivity index (χ1) is 8.75. The van der Waals surface area contributed by atoms with Gasteiger partial charge in [0.05, 0.1) is 0 Å². The Bertz CT molecular complexity index is 513. The lowest BCUT2D eigenvalue weighted by molar-refractivity contribution is 0.598. The Labute approximate surface area is 112 Å². The summed E-state index contributed by atoms with van der Waals surface area (Å²) < 4.78 is 13.3. The van der Waals surface area contributed by atoms with E-state index in [0.29, 0.717) is 6.42 Å². The Hall–Kier alpha value is -1.38. The number of hydrogen-bond donors (Lipinski definition) is 1. The molecule has 0 fully saturated rings. The van der Waals surface area contributed by atoms with Crippen LogP contribution in [0.4, 0.5) is 4.39 Å². The molecule has 1 nitrogen and oxygen atoms in total. The Kier molecular flexibility index (Phi) is 4.73. The molecule has 2 aromatic rings. The smallest absolute Gasteiger partial charge is 0.126 e. The van der Waals surface area contributed by atoms with Crippen LogP contribution in [0.1, 0.15) is 11.1 Å². The summed E-state index contributed by atoms with van der Waals surface area (Å²) in [5.41, 5.74) is 1.88. The van der Waals surface area contributed by atoms with Crippen molar-refractivity contribution in [1.82, 2.24) is 5.32 Å². The van der Waals surface area contributed by atoms with Crippen molar-refractivity contribution in [1.29, 1.82) is 0 Å². The van der Waals surface area contributed by atoms with Gasteiger partial charge in [0.25, 0.3) is 0 Å². The van der Waals surface area contributed by atoms with Crippen LogP contribution < -0.4 is 5.32 Å². The number of benzene rings is 2. The summed E-state index contributed by atoms with van der Waals surface area (Å²) in [6, 6.07) is 14.6. The van der Waals surface area contributed by atoms with E-state index in [1.165, 1.54) is 6.07 Å². The van der Waals surface area contributed by atoms with Crippen LogP contribution in [0, 0.1) is 5.82 Å². The fraction of sp³-hybridized carbons (Fsp3) is 0.200. The molecule has 0 aliphatic heterocycles. The van der Waals surface area contributed by atoms with Gasteiger partial charge >= 0.3 is 0 Å². The molecule has 0 amide bonds. The van der Waals surface area contributed by atoms with Gasteiger partial charge in [-0.05, 0) is 42.3 Å². The molecule has 0 heterocycles. The van der Waals surface area contributed by atoms with Gasteiger partial charge in [-0.25, -0.2) is 4.39 Å². The standard InChI is InChI=1S/C15H15ClFN/c16-14-6-3-4-12(10-14)11-18-9-8-13-5-1-2-7-15(13)17/h1-7,10,18H,8-9,11H2. The van der Waals surface area contributed by atoms with Crippen molar-refractivity contribution in [2.24, 2.45) is 0 Å². The second-order valence-corrected chi connectivity index (χ2v) is 4.58. The highest BCUT2D eigenvalue weighted by Gasteiger charge is 2.00. The summed E-state index contributed by atoms with van der Waals surface area (Å²) in [5.74, 6) is -0.137. The molecule has 0 unspecified atom stereocenters. The van der Waals surface area contributed by atoms with Crippen molar-refractivity contribution in [2.75, 3.05) is 6.54 Å². The zero-order chi connectivity index (χ0) is 12.8. The van der Waals surface area contributed by atoms with Gasteiger partial charge in [0.15, 0.2) is 0 Å². The van der Waals surface area contributed by atoms with Crippen molar-refractivity contribution < 1.29 is 4.39 Å². The van der Waals surface area contributed by atoms with Crippen molar-refractivity contribution in [3.63, 3.8) is 0 Å². The van der Waals surface area contributed by atoms with Crippen molar-refractivity contribution in [2.45, 2.75) is 13.0 Å². The van der Waals surface area contributed by atoms with Crippen LogP contribution in [0.2, 0.25) is 5.02 Å². The van der Waals surface area contributed by atoms with Gasteiger partial charge in [0.1, 0.15) is 5.82 Å². The molecule has 0 aliphatic carbocycles. The van der Waals surface area contributed by atoms with Crippen LogP contribution in [0.15, 0.2) is 48.5 Å². The monoisotopic (exact) mass is 263 g/mol. The maximum atomic E-state index is 13.3. The second kappa shape index (κ2) is 6.53. The highest BCUT2D eigenvalue weighted by molar-refractivity contribution is 6.30. The summed E-state index contributed by atoms with van der Waals surface area (Å²) >= 11 is 5.90.